The van der Waals surface area contributed by atoms with Crippen molar-refractivity contribution in [3.05, 3.63) is 48.0 Å². The van der Waals surface area contributed by atoms with Crippen molar-refractivity contribution in [3.8, 4) is 0 Å². The summed E-state index contributed by atoms with van der Waals surface area (Å²) in [6, 6.07) is 15.0. The topological polar surface area (TPSA) is 32.3 Å². The van der Waals surface area contributed by atoms with Crippen molar-refractivity contribution in [2.45, 2.75) is 25.8 Å². The number of benzene rings is 2. The summed E-state index contributed by atoms with van der Waals surface area (Å²) in [7, 11) is 0. The molecule has 19 heavy (non-hydrogen) atoms. The molecule has 2 N–H and O–H groups in total. The molecule has 2 aromatic rings. The van der Waals surface area contributed by atoms with Crippen molar-refractivity contribution >= 4 is 23.2 Å². The highest BCUT2D eigenvalue weighted by Gasteiger charge is 1.99. The normalized spacial score (nSPS) is 10.4. The zero-order chi connectivity index (χ0) is 12.6. The summed E-state index contributed by atoms with van der Waals surface area (Å²) < 4.78 is 0. The van der Waals surface area contributed by atoms with Gasteiger partial charge in [0.05, 0.1) is 0 Å². The van der Waals surface area contributed by atoms with Gasteiger partial charge in [0.1, 0.15) is 0 Å². The maximum Gasteiger partial charge on any atom is 0.0431 e. The van der Waals surface area contributed by atoms with Crippen LogP contribution in [0.3, 0.4) is 0 Å². The zero-order valence-corrected chi connectivity index (χ0v) is 12.0. The van der Waals surface area contributed by atoms with Gasteiger partial charge in [0.2, 0.25) is 0 Å². The number of aliphatic hydroxyl groups is 1. The minimum Gasteiger partial charge on any atom is -0.396 e. The average Bonchev–Trinajstić information content (AvgIpc) is 2.43. The Kier molecular flexibility index (Phi) is 7.49. The van der Waals surface area contributed by atoms with E-state index < -0.39 is 0 Å². The SMILES string of the molecule is Cl.OCCCCCNCc1cccc2ccccc12. The van der Waals surface area contributed by atoms with Gasteiger partial charge in [-0.2, -0.15) is 0 Å². The van der Waals surface area contributed by atoms with Crippen molar-refractivity contribution in [1.82, 2.24) is 5.32 Å². The Morgan fingerprint density at radius 3 is 2.53 bits per heavy atom. The molecule has 2 rings (SSSR count). The Morgan fingerprint density at radius 1 is 0.895 bits per heavy atom. The van der Waals surface area contributed by atoms with Gasteiger partial charge in [-0.3, -0.25) is 0 Å². The molecule has 0 aliphatic rings. The van der Waals surface area contributed by atoms with Gasteiger partial charge in [-0.05, 0) is 42.1 Å². The molecule has 0 amide bonds. The zero-order valence-electron chi connectivity index (χ0n) is 11.1. The Morgan fingerprint density at radius 2 is 1.68 bits per heavy atom. The largest absolute Gasteiger partial charge is 0.396 e. The Bertz CT molecular complexity index is 482. The summed E-state index contributed by atoms with van der Waals surface area (Å²) >= 11 is 0. The van der Waals surface area contributed by atoms with E-state index in [9.17, 15) is 0 Å². The Labute approximate surface area is 121 Å². The lowest BCUT2D eigenvalue weighted by molar-refractivity contribution is 0.283. The maximum atomic E-state index is 8.70. The van der Waals surface area contributed by atoms with Crippen LogP contribution in [0.5, 0.6) is 0 Å². The van der Waals surface area contributed by atoms with E-state index in [-0.39, 0.29) is 12.4 Å². The van der Waals surface area contributed by atoms with Crippen molar-refractivity contribution in [3.63, 3.8) is 0 Å². The molecule has 0 fully saturated rings. The molecule has 0 radical (unpaired) electrons. The molecular weight excluding hydrogens is 258 g/mol. The molecule has 0 bridgehead atoms. The molecule has 0 saturated heterocycles. The third kappa shape index (κ3) is 4.83. The van der Waals surface area contributed by atoms with Gasteiger partial charge >= 0.3 is 0 Å². The van der Waals surface area contributed by atoms with E-state index in [0.717, 1.165) is 32.4 Å². The van der Waals surface area contributed by atoms with Crippen LogP contribution in [0.15, 0.2) is 42.5 Å². The lowest BCUT2D eigenvalue weighted by Gasteiger charge is -2.08. The van der Waals surface area contributed by atoms with Crippen molar-refractivity contribution < 1.29 is 5.11 Å². The molecule has 0 saturated carbocycles. The second kappa shape index (κ2) is 8.92. The number of aliphatic hydroxyl groups excluding tert-OH is 1. The first kappa shape index (κ1) is 16.0. The van der Waals surface area contributed by atoms with Crippen LogP contribution in [0.25, 0.3) is 10.8 Å². The fraction of sp³-hybridized carbons (Fsp3) is 0.375. The van der Waals surface area contributed by atoms with Gasteiger partial charge in [-0.15, -0.1) is 12.4 Å². The molecule has 0 spiro atoms. The number of fused-ring (bicyclic) bond motifs is 1. The quantitative estimate of drug-likeness (QED) is 0.760. The molecule has 0 aromatic heterocycles. The lowest BCUT2D eigenvalue weighted by Crippen LogP contribution is -2.14. The van der Waals surface area contributed by atoms with E-state index in [1.54, 1.807) is 0 Å². The van der Waals surface area contributed by atoms with Crippen LogP contribution in [0.4, 0.5) is 0 Å². The van der Waals surface area contributed by atoms with Crippen molar-refractivity contribution in [1.29, 1.82) is 0 Å². The number of unbranched alkanes of at least 4 members (excludes halogenated alkanes) is 2. The first-order valence-electron chi connectivity index (χ1n) is 6.70. The van der Waals surface area contributed by atoms with Crippen LogP contribution in [0.2, 0.25) is 0 Å². The first-order chi connectivity index (χ1) is 8.92. The molecule has 0 atom stereocenters. The van der Waals surface area contributed by atoms with Crippen molar-refractivity contribution in [2.75, 3.05) is 13.2 Å². The number of hydrogen-bond acceptors (Lipinski definition) is 2. The molecule has 104 valence electrons. The molecular formula is C16H22ClNO. The predicted octanol–water partition coefficient (Wildman–Crippen LogP) is 3.51. The minimum absolute atomic E-state index is 0. The summed E-state index contributed by atoms with van der Waals surface area (Å²) in [6.07, 6.45) is 3.14. The first-order valence-corrected chi connectivity index (χ1v) is 6.70. The molecule has 0 aliphatic carbocycles. The van der Waals surface area contributed by atoms with E-state index in [4.69, 9.17) is 5.11 Å². The smallest absolute Gasteiger partial charge is 0.0431 e. The van der Waals surface area contributed by atoms with Crippen LogP contribution in [0.1, 0.15) is 24.8 Å². The molecule has 2 nitrogen and oxygen atoms in total. The Hall–Kier alpha value is -1.09. The summed E-state index contributed by atoms with van der Waals surface area (Å²) in [5.74, 6) is 0. The molecule has 3 heteroatoms. The summed E-state index contributed by atoms with van der Waals surface area (Å²) in [5.41, 5.74) is 1.36. The fourth-order valence-corrected chi connectivity index (χ4v) is 2.21. The van der Waals surface area contributed by atoms with Crippen LogP contribution in [-0.4, -0.2) is 18.3 Å². The standard InChI is InChI=1S/C16H21NO.ClH/c18-12-5-1-4-11-17-13-15-9-6-8-14-7-2-3-10-16(14)15;/h2-3,6-10,17-18H,1,4-5,11-13H2;1H. The highest BCUT2D eigenvalue weighted by atomic mass is 35.5. The average molecular weight is 280 g/mol. The summed E-state index contributed by atoms with van der Waals surface area (Å²) in [4.78, 5) is 0. The molecule has 0 aliphatic heterocycles. The molecule has 0 unspecified atom stereocenters. The van der Waals surface area contributed by atoms with Crippen LogP contribution < -0.4 is 5.32 Å². The van der Waals surface area contributed by atoms with Crippen LogP contribution in [-0.2, 0) is 6.54 Å². The third-order valence-electron chi connectivity index (χ3n) is 3.21. The Balaban J connectivity index is 0.00000180. The summed E-state index contributed by atoms with van der Waals surface area (Å²) in [6.45, 7) is 2.24. The van der Waals surface area contributed by atoms with Gasteiger partial charge in [0.15, 0.2) is 0 Å². The van der Waals surface area contributed by atoms with E-state index in [1.807, 2.05) is 0 Å². The van der Waals surface area contributed by atoms with Crippen molar-refractivity contribution in [2.24, 2.45) is 0 Å². The summed E-state index contributed by atoms with van der Waals surface area (Å²) in [5, 5.41) is 14.8. The number of rotatable bonds is 7. The number of halogens is 1. The fourth-order valence-electron chi connectivity index (χ4n) is 2.21. The van der Waals surface area contributed by atoms with Gasteiger partial charge in [-0.1, -0.05) is 42.5 Å². The van der Waals surface area contributed by atoms with E-state index in [0.29, 0.717) is 6.61 Å². The predicted molar refractivity (Wildman–Crippen MR) is 83.8 cm³/mol. The van der Waals surface area contributed by atoms with Gasteiger partial charge < -0.3 is 10.4 Å². The number of hydrogen-bond donors (Lipinski definition) is 2. The minimum atomic E-state index is 0. The van der Waals surface area contributed by atoms with Gasteiger partial charge in [-0.25, -0.2) is 0 Å². The van der Waals surface area contributed by atoms with E-state index in [1.165, 1.54) is 16.3 Å². The monoisotopic (exact) mass is 279 g/mol. The van der Waals surface area contributed by atoms with E-state index >= 15 is 0 Å². The molecule has 2 aromatic carbocycles. The molecule has 0 heterocycles. The van der Waals surface area contributed by atoms with Gasteiger partial charge in [0.25, 0.3) is 0 Å². The maximum absolute atomic E-state index is 8.70. The van der Waals surface area contributed by atoms with Gasteiger partial charge in [0, 0.05) is 13.2 Å². The highest BCUT2D eigenvalue weighted by Crippen LogP contribution is 2.18. The second-order valence-corrected chi connectivity index (χ2v) is 4.60. The second-order valence-electron chi connectivity index (χ2n) is 4.60. The third-order valence-corrected chi connectivity index (χ3v) is 3.21. The van der Waals surface area contributed by atoms with Crippen LogP contribution in [0, 0.1) is 0 Å². The highest BCUT2D eigenvalue weighted by molar-refractivity contribution is 5.85. The lowest BCUT2D eigenvalue weighted by atomic mass is 10.0. The number of nitrogens with one attached hydrogen (secondary N) is 1. The van der Waals surface area contributed by atoms with Crippen LogP contribution >= 0.6 is 12.4 Å². The van der Waals surface area contributed by atoms with E-state index in [2.05, 4.69) is 47.8 Å².